The molecule has 0 spiro atoms. The summed E-state index contributed by atoms with van der Waals surface area (Å²) in [5.41, 5.74) is 0.679. The number of hydrogen-bond acceptors (Lipinski definition) is 2. The van der Waals surface area contributed by atoms with Gasteiger partial charge in [-0.05, 0) is 31.5 Å². The first-order valence-electron chi connectivity index (χ1n) is 5.42. The summed E-state index contributed by atoms with van der Waals surface area (Å²) in [5, 5.41) is 3.17. The molecule has 0 saturated carbocycles. The van der Waals surface area contributed by atoms with Crippen molar-refractivity contribution in [2.45, 2.75) is 25.1 Å². The number of rotatable bonds is 5. The molecule has 0 fully saturated rings. The highest BCUT2D eigenvalue weighted by atomic mass is 32.2. The lowest BCUT2D eigenvalue weighted by Gasteiger charge is -2.17. The lowest BCUT2D eigenvalue weighted by molar-refractivity contribution is 0.500. The van der Waals surface area contributed by atoms with Gasteiger partial charge in [0.15, 0.2) is 11.6 Å². The fourth-order valence-electron chi connectivity index (χ4n) is 1.36. The Balaban J connectivity index is 2.60. The molecule has 0 aliphatic rings. The Morgan fingerprint density at radius 2 is 1.94 bits per heavy atom. The van der Waals surface area contributed by atoms with Crippen molar-refractivity contribution in [2.75, 3.05) is 12.8 Å². The van der Waals surface area contributed by atoms with Crippen molar-refractivity contribution in [3.63, 3.8) is 0 Å². The van der Waals surface area contributed by atoms with E-state index in [2.05, 4.69) is 5.32 Å². The van der Waals surface area contributed by atoms with Crippen molar-refractivity contribution in [2.24, 2.45) is 0 Å². The maximum atomic E-state index is 13.0. The van der Waals surface area contributed by atoms with Gasteiger partial charge in [0.05, 0.1) is 0 Å². The summed E-state index contributed by atoms with van der Waals surface area (Å²) in [6, 6.07) is 3.74. The highest BCUT2D eigenvalue weighted by Crippen LogP contribution is 2.15. The quantitative estimate of drug-likeness (QED) is 0.881. The standard InChI is InChI=1S/C12H17F2NOS/c1-8(17(3)16)7-15-9(2)10-4-5-11(13)12(14)6-10/h4-6,8-9,15H,7H2,1-3H3. The Bertz CT molecular complexity index is 411. The van der Waals surface area contributed by atoms with Crippen LogP contribution in [0, 0.1) is 11.6 Å². The Morgan fingerprint density at radius 1 is 1.29 bits per heavy atom. The van der Waals surface area contributed by atoms with Crippen molar-refractivity contribution in [3.8, 4) is 0 Å². The number of halogens is 2. The molecule has 0 amide bonds. The van der Waals surface area contributed by atoms with E-state index in [0.717, 1.165) is 6.07 Å². The molecule has 2 nitrogen and oxygen atoms in total. The van der Waals surface area contributed by atoms with E-state index in [4.69, 9.17) is 0 Å². The molecule has 3 unspecified atom stereocenters. The highest BCUT2D eigenvalue weighted by molar-refractivity contribution is 7.84. The van der Waals surface area contributed by atoms with Gasteiger partial charge in [-0.2, -0.15) is 0 Å². The van der Waals surface area contributed by atoms with Crippen LogP contribution in [-0.2, 0) is 10.8 Å². The molecule has 1 aromatic carbocycles. The summed E-state index contributed by atoms with van der Waals surface area (Å²) in [4.78, 5) is 0. The average molecular weight is 261 g/mol. The van der Waals surface area contributed by atoms with Crippen molar-refractivity contribution >= 4 is 10.8 Å². The molecular formula is C12H17F2NOS. The van der Waals surface area contributed by atoms with Crippen LogP contribution in [0.25, 0.3) is 0 Å². The summed E-state index contributed by atoms with van der Waals surface area (Å²) in [6.45, 7) is 4.31. The summed E-state index contributed by atoms with van der Waals surface area (Å²) in [5.74, 6) is -1.69. The predicted molar refractivity (Wildman–Crippen MR) is 66.3 cm³/mol. The fraction of sp³-hybridized carbons (Fsp3) is 0.500. The molecule has 17 heavy (non-hydrogen) atoms. The normalized spacial score (nSPS) is 16.5. The van der Waals surface area contributed by atoms with Crippen LogP contribution in [0.5, 0.6) is 0 Å². The summed E-state index contributed by atoms with van der Waals surface area (Å²) in [7, 11) is -0.888. The topological polar surface area (TPSA) is 29.1 Å². The molecule has 5 heteroatoms. The van der Waals surface area contributed by atoms with E-state index < -0.39 is 22.4 Å². The van der Waals surface area contributed by atoms with Crippen LogP contribution < -0.4 is 5.32 Å². The Hall–Kier alpha value is -0.810. The SMILES string of the molecule is CC(NCC(C)S(C)=O)c1ccc(F)c(F)c1. The first-order valence-corrected chi connectivity index (χ1v) is 7.04. The molecule has 0 aromatic heterocycles. The van der Waals surface area contributed by atoms with Gasteiger partial charge in [-0.25, -0.2) is 8.78 Å². The Labute approximate surface area is 103 Å². The molecule has 1 N–H and O–H groups in total. The van der Waals surface area contributed by atoms with Gasteiger partial charge in [0.25, 0.3) is 0 Å². The van der Waals surface area contributed by atoms with Crippen molar-refractivity contribution < 1.29 is 13.0 Å². The van der Waals surface area contributed by atoms with E-state index in [1.807, 2.05) is 13.8 Å². The lowest BCUT2D eigenvalue weighted by Crippen LogP contribution is -2.29. The summed E-state index contributed by atoms with van der Waals surface area (Å²) < 4.78 is 36.9. The third-order valence-electron chi connectivity index (χ3n) is 2.72. The minimum atomic E-state index is -0.888. The first kappa shape index (κ1) is 14.3. The van der Waals surface area contributed by atoms with Gasteiger partial charge in [-0.15, -0.1) is 0 Å². The number of benzene rings is 1. The number of nitrogens with one attached hydrogen (secondary N) is 1. The zero-order valence-corrected chi connectivity index (χ0v) is 11.0. The van der Waals surface area contributed by atoms with E-state index in [1.165, 1.54) is 6.07 Å². The third kappa shape index (κ3) is 4.16. The van der Waals surface area contributed by atoms with Crippen molar-refractivity contribution in [1.29, 1.82) is 0 Å². The second-order valence-electron chi connectivity index (χ2n) is 4.11. The van der Waals surface area contributed by atoms with Crippen LogP contribution >= 0.6 is 0 Å². The molecule has 96 valence electrons. The van der Waals surface area contributed by atoms with Crippen LogP contribution in [0.2, 0.25) is 0 Å². The zero-order valence-electron chi connectivity index (χ0n) is 10.2. The summed E-state index contributed by atoms with van der Waals surface area (Å²) >= 11 is 0. The largest absolute Gasteiger partial charge is 0.309 e. The van der Waals surface area contributed by atoms with E-state index >= 15 is 0 Å². The maximum Gasteiger partial charge on any atom is 0.159 e. The second-order valence-corrected chi connectivity index (χ2v) is 5.91. The molecule has 0 radical (unpaired) electrons. The van der Waals surface area contributed by atoms with E-state index in [0.29, 0.717) is 12.1 Å². The van der Waals surface area contributed by atoms with Gasteiger partial charge in [-0.1, -0.05) is 6.07 Å². The van der Waals surface area contributed by atoms with E-state index in [9.17, 15) is 13.0 Å². The molecule has 1 aromatic rings. The lowest BCUT2D eigenvalue weighted by atomic mass is 10.1. The van der Waals surface area contributed by atoms with Gasteiger partial charge in [0.1, 0.15) is 0 Å². The smallest absolute Gasteiger partial charge is 0.159 e. The number of hydrogen-bond donors (Lipinski definition) is 1. The van der Waals surface area contributed by atoms with Crippen molar-refractivity contribution in [1.82, 2.24) is 5.32 Å². The monoisotopic (exact) mass is 261 g/mol. The molecule has 0 bridgehead atoms. The predicted octanol–water partition coefficient (Wildman–Crippen LogP) is 2.38. The molecule has 0 heterocycles. The van der Waals surface area contributed by atoms with Gasteiger partial charge >= 0.3 is 0 Å². The van der Waals surface area contributed by atoms with E-state index in [1.54, 1.807) is 12.3 Å². The second kappa shape index (κ2) is 6.21. The minimum Gasteiger partial charge on any atom is -0.309 e. The van der Waals surface area contributed by atoms with Crippen LogP contribution in [0.4, 0.5) is 8.78 Å². The molecule has 0 aliphatic heterocycles. The van der Waals surface area contributed by atoms with Crippen molar-refractivity contribution in [3.05, 3.63) is 35.4 Å². The molecule has 0 saturated heterocycles. The van der Waals surface area contributed by atoms with Gasteiger partial charge in [0.2, 0.25) is 0 Å². The van der Waals surface area contributed by atoms with Crippen LogP contribution in [0.15, 0.2) is 18.2 Å². The van der Waals surface area contributed by atoms with Gasteiger partial charge in [-0.3, -0.25) is 4.21 Å². The zero-order chi connectivity index (χ0) is 13.0. The molecular weight excluding hydrogens is 244 g/mol. The molecule has 0 aliphatic carbocycles. The molecule has 1 rings (SSSR count). The average Bonchev–Trinajstić information content (AvgIpc) is 2.28. The maximum absolute atomic E-state index is 13.0. The first-order chi connectivity index (χ1) is 7.91. The van der Waals surface area contributed by atoms with Gasteiger partial charge in [0, 0.05) is 34.9 Å². The highest BCUT2D eigenvalue weighted by Gasteiger charge is 2.11. The Kier molecular flexibility index (Phi) is 5.21. The third-order valence-corrected chi connectivity index (χ3v) is 4.02. The minimum absolute atomic E-state index is 0.0303. The van der Waals surface area contributed by atoms with Crippen LogP contribution in [0.1, 0.15) is 25.5 Å². The Morgan fingerprint density at radius 3 is 2.47 bits per heavy atom. The molecule has 3 atom stereocenters. The summed E-state index contributed by atoms with van der Waals surface area (Å²) in [6.07, 6.45) is 1.65. The van der Waals surface area contributed by atoms with Crippen LogP contribution in [-0.4, -0.2) is 22.3 Å². The van der Waals surface area contributed by atoms with Gasteiger partial charge < -0.3 is 5.32 Å². The van der Waals surface area contributed by atoms with E-state index in [-0.39, 0.29) is 11.3 Å². The fourth-order valence-corrected chi connectivity index (χ4v) is 1.69. The van der Waals surface area contributed by atoms with Crippen LogP contribution in [0.3, 0.4) is 0 Å².